The lowest BCUT2D eigenvalue weighted by Crippen LogP contribution is -2.27. The molecule has 0 saturated heterocycles. The van der Waals surface area contributed by atoms with Crippen molar-refractivity contribution in [1.82, 2.24) is 4.90 Å². The maximum atomic E-state index is 5.70. The summed E-state index contributed by atoms with van der Waals surface area (Å²) in [5, 5.41) is 0. The third kappa shape index (κ3) is 4.55. The van der Waals surface area contributed by atoms with Crippen molar-refractivity contribution in [2.45, 2.75) is 13.8 Å². The van der Waals surface area contributed by atoms with E-state index in [2.05, 4.69) is 34.7 Å². The highest BCUT2D eigenvalue weighted by molar-refractivity contribution is 9.10. The summed E-state index contributed by atoms with van der Waals surface area (Å²) in [5.41, 5.74) is 6.43. The Morgan fingerprint density at radius 2 is 2.06 bits per heavy atom. The number of nitrogens with two attached hydrogens (primary N) is 1. The molecule has 0 amide bonds. The Hall–Kier alpha value is -0.650. The summed E-state index contributed by atoms with van der Waals surface area (Å²) in [5.74, 6) is 0.828. The Morgan fingerprint density at radius 1 is 1.39 bits per heavy atom. The fraction of sp³-hybridized carbons (Fsp3) is 0.462. The molecule has 0 heterocycles. The van der Waals surface area contributed by atoms with E-state index in [-0.39, 0.29) is 0 Å². The Morgan fingerprint density at radius 3 is 2.56 bits per heavy atom. The molecule has 0 atom stereocenters. The quantitative estimate of drug-likeness (QED) is 0.780. The van der Waals surface area contributed by atoms with E-state index in [4.69, 9.17) is 22.7 Å². The number of likely N-dealkylation sites (N-methyl/N-ethyl adjacent to an activating group) is 1. The van der Waals surface area contributed by atoms with E-state index < -0.39 is 0 Å². The lowest BCUT2D eigenvalue weighted by molar-refractivity contribution is 0.222. The zero-order valence-electron chi connectivity index (χ0n) is 10.8. The van der Waals surface area contributed by atoms with Crippen molar-refractivity contribution in [2.24, 2.45) is 5.73 Å². The highest BCUT2D eigenvalue weighted by Gasteiger charge is 2.05. The first-order valence-electron chi connectivity index (χ1n) is 6.03. The van der Waals surface area contributed by atoms with Crippen molar-refractivity contribution in [3.05, 3.63) is 28.2 Å². The van der Waals surface area contributed by atoms with E-state index in [0.29, 0.717) is 11.6 Å². The molecule has 0 saturated carbocycles. The monoisotopic (exact) mass is 330 g/mol. The van der Waals surface area contributed by atoms with Crippen LogP contribution in [0.4, 0.5) is 0 Å². The van der Waals surface area contributed by atoms with Crippen molar-refractivity contribution in [2.75, 3.05) is 26.2 Å². The number of nitrogens with zero attached hydrogens (tertiary/aromatic N) is 1. The van der Waals surface area contributed by atoms with Crippen molar-refractivity contribution in [3.8, 4) is 5.75 Å². The van der Waals surface area contributed by atoms with Gasteiger partial charge in [0.15, 0.2) is 0 Å². The number of hydrogen-bond acceptors (Lipinski definition) is 3. The van der Waals surface area contributed by atoms with Crippen molar-refractivity contribution in [1.29, 1.82) is 0 Å². The Kier molecular flexibility index (Phi) is 6.60. The maximum absolute atomic E-state index is 5.70. The minimum absolute atomic E-state index is 0.386. The third-order valence-corrected chi connectivity index (χ3v) is 3.65. The van der Waals surface area contributed by atoms with Gasteiger partial charge in [0.25, 0.3) is 0 Å². The first-order valence-corrected chi connectivity index (χ1v) is 7.23. The highest BCUT2D eigenvalue weighted by atomic mass is 79.9. The van der Waals surface area contributed by atoms with Gasteiger partial charge >= 0.3 is 0 Å². The summed E-state index contributed by atoms with van der Waals surface area (Å²) in [4.78, 5) is 2.70. The zero-order valence-corrected chi connectivity index (χ0v) is 13.2. The van der Waals surface area contributed by atoms with Gasteiger partial charge in [0, 0.05) is 16.6 Å². The number of hydrogen-bond donors (Lipinski definition) is 1. The summed E-state index contributed by atoms with van der Waals surface area (Å²) in [6.45, 7) is 8.00. The van der Waals surface area contributed by atoms with Crippen LogP contribution in [0.1, 0.15) is 19.4 Å². The molecule has 0 aliphatic rings. The Bertz CT molecular complexity index is 408. The molecule has 0 unspecified atom stereocenters. The molecule has 1 aromatic carbocycles. The molecule has 0 aliphatic heterocycles. The number of thiocarbonyl (C=S) groups is 1. The topological polar surface area (TPSA) is 38.5 Å². The van der Waals surface area contributed by atoms with E-state index in [1.54, 1.807) is 0 Å². The molecule has 3 nitrogen and oxygen atoms in total. The van der Waals surface area contributed by atoms with Crippen LogP contribution in [0, 0.1) is 0 Å². The largest absolute Gasteiger partial charge is 0.492 e. The predicted molar refractivity (Wildman–Crippen MR) is 83.3 cm³/mol. The summed E-state index contributed by atoms with van der Waals surface area (Å²) >= 11 is 8.38. The summed E-state index contributed by atoms with van der Waals surface area (Å²) in [7, 11) is 0. The molecule has 1 rings (SSSR count). The van der Waals surface area contributed by atoms with Gasteiger partial charge in [-0.3, -0.25) is 0 Å². The van der Waals surface area contributed by atoms with Crippen LogP contribution >= 0.6 is 28.1 Å². The number of benzene rings is 1. The van der Waals surface area contributed by atoms with Gasteiger partial charge in [-0.15, -0.1) is 0 Å². The van der Waals surface area contributed by atoms with Crippen LogP contribution in [0.15, 0.2) is 22.7 Å². The molecule has 5 heteroatoms. The number of halogens is 1. The van der Waals surface area contributed by atoms with Crippen LogP contribution in [-0.4, -0.2) is 36.1 Å². The molecule has 100 valence electrons. The van der Waals surface area contributed by atoms with Gasteiger partial charge in [0.1, 0.15) is 17.3 Å². The molecule has 0 bridgehead atoms. The summed E-state index contributed by atoms with van der Waals surface area (Å²) < 4.78 is 6.57. The van der Waals surface area contributed by atoms with Crippen molar-refractivity contribution >= 4 is 33.1 Å². The van der Waals surface area contributed by atoms with Crippen LogP contribution in [0.3, 0.4) is 0 Å². The van der Waals surface area contributed by atoms with E-state index in [1.165, 1.54) is 0 Å². The lowest BCUT2D eigenvalue weighted by atomic mass is 10.2. The minimum atomic E-state index is 0.386. The fourth-order valence-electron chi connectivity index (χ4n) is 1.62. The standard InChI is InChI=1S/C13H19BrN2OS/c1-3-16(4-2)7-8-17-10-5-6-11(13(15)18)12(14)9-10/h5-6,9H,3-4,7-8H2,1-2H3,(H2,15,18). The molecule has 0 fully saturated rings. The third-order valence-electron chi connectivity index (χ3n) is 2.78. The minimum Gasteiger partial charge on any atom is -0.492 e. The van der Waals surface area contributed by atoms with E-state index in [0.717, 1.165) is 35.4 Å². The molecule has 18 heavy (non-hydrogen) atoms. The second-order valence-electron chi connectivity index (χ2n) is 3.88. The first kappa shape index (κ1) is 15.4. The molecule has 0 aromatic heterocycles. The van der Waals surface area contributed by atoms with Gasteiger partial charge in [-0.05, 0) is 47.2 Å². The molecule has 1 aromatic rings. The molecule has 2 N–H and O–H groups in total. The van der Waals surface area contributed by atoms with E-state index in [1.807, 2.05) is 18.2 Å². The van der Waals surface area contributed by atoms with Crippen molar-refractivity contribution in [3.63, 3.8) is 0 Å². The molecule has 0 spiro atoms. The van der Waals surface area contributed by atoms with Gasteiger partial charge in [0.05, 0.1) is 0 Å². The molecular weight excluding hydrogens is 312 g/mol. The van der Waals surface area contributed by atoms with Gasteiger partial charge < -0.3 is 15.4 Å². The van der Waals surface area contributed by atoms with Crippen LogP contribution in [0.25, 0.3) is 0 Å². The smallest absolute Gasteiger partial charge is 0.120 e. The van der Waals surface area contributed by atoms with Gasteiger partial charge in [-0.25, -0.2) is 0 Å². The van der Waals surface area contributed by atoms with E-state index in [9.17, 15) is 0 Å². The zero-order chi connectivity index (χ0) is 13.5. The predicted octanol–water partition coefficient (Wildman–Crippen LogP) is 2.80. The van der Waals surface area contributed by atoms with Crippen LogP contribution in [0.5, 0.6) is 5.75 Å². The average Bonchev–Trinajstić information content (AvgIpc) is 2.34. The molecular formula is C13H19BrN2OS. The second kappa shape index (κ2) is 7.71. The van der Waals surface area contributed by atoms with Crippen molar-refractivity contribution < 1.29 is 4.74 Å². The lowest BCUT2D eigenvalue weighted by Gasteiger charge is -2.18. The van der Waals surface area contributed by atoms with Crippen LogP contribution < -0.4 is 10.5 Å². The van der Waals surface area contributed by atoms with Gasteiger partial charge in [-0.2, -0.15) is 0 Å². The maximum Gasteiger partial charge on any atom is 0.120 e. The number of ether oxygens (including phenoxy) is 1. The van der Waals surface area contributed by atoms with E-state index >= 15 is 0 Å². The SMILES string of the molecule is CCN(CC)CCOc1ccc(C(N)=S)c(Br)c1. The normalized spacial score (nSPS) is 10.7. The number of rotatable bonds is 7. The van der Waals surface area contributed by atoms with Crippen LogP contribution in [-0.2, 0) is 0 Å². The Balaban J connectivity index is 2.53. The average molecular weight is 331 g/mol. The first-order chi connectivity index (χ1) is 8.58. The highest BCUT2D eigenvalue weighted by Crippen LogP contribution is 2.23. The molecule has 0 aliphatic carbocycles. The summed E-state index contributed by atoms with van der Waals surface area (Å²) in [6, 6.07) is 5.66. The fourth-order valence-corrected chi connectivity index (χ4v) is 2.50. The summed E-state index contributed by atoms with van der Waals surface area (Å²) in [6.07, 6.45) is 0. The van der Waals surface area contributed by atoms with Gasteiger partial charge in [0.2, 0.25) is 0 Å². The molecule has 0 radical (unpaired) electrons. The van der Waals surface area contributed by atoms with Gasteiger partial charge in [-0.1, -0.05) is 26.1 Å². The van der Waals surface area contributed by atoms with Crippen LogP contribution in [0.2, 0.25) is 0 Å². The Labute approximate surface area is 122 Å². The second-order valence-corrected chi connectivity index (χ2v) is 5.18.